The highest BCUT2D eigenvalue weighted by molar-refractivity contribution is 5.94. The first-order valence-electron chi connectivity index (χ1n) is 5.24. The van der Waals surface area contributed by atoms with Gasteiger partial charge in [0.2, 0.25) is 0 Å². The van der Waals surface area contributed by atoms with Gasteiger partial charge in [-0.3, -0.25) is 4.79 Å². The van der Waals surface area contributed by atoms with Crippen molar-refractivity contribution in [2.45, 2.75) is 6.04 Å². The fraction of sp³-hybridized carbons (Fsp3) is 0.455. The van der Waals surface area contributed by atoms with Gasteiger partial charge in [-0.15, -0.1) is 0 Å². The molecule has 0 aliphatic heterocycles. The summed E-state index contributed by atoms with van der Waals surface area (Å²) in [7, 11) is 3.71. The molecule has 0 saturated heterocycles. The maximum atomic E-state index is 11.7. The SMILES string of the molecule is CN(C)c1ccc(C(=O)NC(CO)CO)cn1. The van der Waals surface area contributed by atoms with E-state index in [0.29, 0.717) is 5.56 Å². The zero-order valence-corrected chi connectivity index (χ0v) is 9.92. The molecule has 1 amide bonds. The summed E-state index contributed by atoms with van der Waals surface area (Å²) in [5.74, 6) is 0.387. The number of nitrogens with one attached hydrogen (secondary N) is 1. The number of amides is 1. The van der Waals surface area contributed by atoms with Crippen LogP contribution < -0.4 is 10.2 Å². The number of anilines is 1. The van der Waals surface area contributed by atoms with Gasteiger partial charge in [0, 0.05) is 20.3 Å². The van der Waals surface area contributed by atoms with E-state index in [0.717, 1.165) is 5.82 Å². The van der Waals surface area contributed by atoms with Gasteiger partial charge in [-0.2, -0.15) is 0 Å². The topological polar surface area (TPSA) is 85.7 Å². The normalized spacial score (nSPS) is 10.4. The second kappa shape index (κ2) is 6.17. The molecule has 6 heteroatoms. The fourth-order valence-electron chi connectivity index (χ4n) is 1.20. The number of hydrogen-bond acceptors (Lipinski definition) is 5. The molecule has 1 aromatic rings. The van der Waals surface area contributed by atoms with E-state index in [2.05, 4.69) is 10.3 Å². The number of carbonyl (C=O) groups excluding carboxylic acids is 1. The summed E-state index contributed by atoms with van der Waals surface area (Å²) in [5, 5.41) is 20.2. The van der Waals surface area contributed by atoms with Crippen molar-refractivity contribution >= 4 is 11.7 Å². The average Bonchev–Trinajstić information content (AvgIpc) is 2.35. The van der Waals surface area contributed by atoms with Gasteiger partial charge in [-0.25, -0.2) is 4.98 Å². The van der Waals surface area contributed by atoms with Crippen LogP contribution in [-0.2, 0) is 0 Å². The predicted octanol–water partition coefficient (Wildman–Crippen LogP) is -0.769. The van der Waals surface area contributed by atoms with E-state index in [9.17, 15) is 4.79 Å². The van der Waals surface area contributed by atoms with E-state index in [-0.39, 0.29) is 19.1 Å². The lowest BCUT2D eigenvalue weighted by atomic mass is 10.2. The van der Waals surface area contributed by atoms with Gasteiger partial charge in [0.25, 0.3) is 5.91 Å². The zero-order chi connectivity index (χ0) is 12.8. The average molecular weight is 239 g/mol. The number of aliphatic hydroxyl groups is 2. The first-order valence-corrected chi connectivity index (χ1v) is 5.24. The van der Waals surface area contributed by atoms with Crippen molar-refractivity contribution < 1.29 is 15.0 Å². The van der Waals surface area contributed by atoms with Gasteiger partial charge in [0.05, 0.1) is 24.8 Å². The molecule has 0 saturated carbocycles. The van der Waals surface area contributed by atoms with Crippen LogP contribution in [-0.4, -0.2) is 54.5 Å². The Labute approximate surface area is 99.9 Å². The Morgan fingerprint density at radius 1 is 1.41 bits per heavy atom. The van der Waals surface area contributed by atoms with Crippen LogP contribution in [0.4, 0.5) is 5.82 Å². The lowest BCUT2D eigenvalue weighted by Gasteiger charge is -2.14. The van der Waals surface area contributed by atoms with Gasteiger partial charge < -0.3 is 20.4 Å². The molecule has 3 N–H and O–H groups in total. The van der Waals surface area contributed by atoms with Crippen molar-refractivity contribution in [1.82, 2.24) is 10.3 Å². The Morgan fingerprint density at radius 3 is 2.47 bits per heavy atom. The first-order chi connectivity index (χ1) is 8.08. The molecule has 1 aromatic heterocycles. The van der Waals surface area contributed by atoms with Crippen LogP contribution in [0.25, 0.3) is 0 Å². The molecule has 1 heterocycles. The van der Waals surface area contributed by atoms with Crippen LogP contribution in [0.2, 0.25) is 0 Å². The second-order valence-corrected chi connectivity index (χ2v) is 3.84. The van der Waals surface area contributed by atoms with E-state index in [1.54, 1.807) is 12.1 Å². The van der Waals surface area contributed by atoms with Gasteiger partial charge >= 0.3 is 0 Å². The van der Waals surface area contributed by atoms with Gasteiger partial charge in [-0.05, 0) is 12.1 Å². The predicted molar refractivity (Wildman–Crippen MR) is 64.0 cm³/mol. The van der Waals surface area contributed by atoms with E-state index >= 15 is 0 Å². The molecule has 0 atom stereocenters. The molecule has 0 aliphatic rings. The van der Waals surface area contributed by atoms with E-state index < -0.39 is 6.04 Å². The van der Waals surface area contributed by atoms with Crippen molar-refractivity contribution in [3.8, 4) is 0 Å². The molecule has 0 radical (unpaired) electrons. The van der Waals surface area contributed by atoms with Crippen molar-refractivity contribution in [1.29, 1.82) is 0 Å². The second-order valence-electron chi connectivity index (χ2n) is 3.84. The third-order valence-corrected chi connectivity index (χ3v) is 2.24. The summed E-state index contributed by atoms with van der Waals surface area (Å²) in [6, 6.07) is 2.72. The number of nitrogens with zero attached hydrogens (tertiary/aromatic N) is 2. The summed E-state index contributed by atoms with van der Waals surface area (Å²) >= 11 is 0. The minimum absolute atomic E-state index is 0.300. The largest absolute Gasteiger partial charge is 0.394 e. The number of hydrogen-bond donors (Lipinski definition) is 3. The molecule has 0 fully saturated rings. The number of pyridine rings is 1. The standard InChI is InChI=1S/C11H17N3O3/c1-14(2)10-4-3-8(5-12-10)11(17)13-9(6-15)7-16/h3-5,9,15-16H,6-7H2,1-2H3,(H,13,17). The van der Waals surface area contributed by atoms with E-state index in [1.165, 1.54) is 6.20 Å². The zero-order valence-electron chi connectivity index (χ0n) is 9.92. The maximum Gasteiger partial charge on any atom is 0.253 e. The quantitative estimate of drug-likeness (QED) is 0.628. The molecule has 0 spiro atoms. The first kappa shape index (κ1) is 13.4. The van der Waals surface area contributed by atoms with Crippen LogP contribution in [0.3, 0.4) is 0 Å². The number of aliphatic hydroxyl groups excluding tert-OH is 2. The van der Waals surface area contributed by atoms with Crippen molar-refractivity contribution in [3.63, 3.8) is 0 Å². The number of aromatic nitrogens is 1. The van der Waals surface area contributed by atoms with Crippen LogP contribution in [0, 0.1) is 0 Å². The van der Waals surface area contributed by atoms with Crippen molar-refractivity contribution in [3.05, 3.63) is 23.9 Å². The molecule has 17 heavy (non-hydrogen) atoms. The fourth-order valence-corrected chi connectivity index (χ4v) is 1.20. The lowest BCUT2D eigenvalue weighted by molar-refractivity contribution is 0.0879. The van der Waals surface area contributed by atoms with Crippen LogP contribution in [0.15, 0.2) is 18.3 Å². The van der Waals surface area contributed by atoms with Crippen LogP contribution in [0.1, 0.15) is 10.4 Å². The third kappa shape index (κ3) is 3.69. The van der Waals surface area contributed by atoms with E-state index in [4.69, 9.17) is 10.2 Å². The lowest BCUT2D eigenvalue weighted by Crippen LogP contribution is -2.40. The molecule has 0 aliphatic carbocycles. The Kier molecular flexibility index (Phi) is 4.86. The van der Waals surface area contributed by atoms with Gasteiger partial charge in [0.1, 0.15) is 5.82 Å². The molecule has 6 nitrogen and oxygen atoms in total. The summed E-state index contributed by atoms with van der Waals surface area (Å²) < 4.78 is 0. The molecule has 1 rings (SSSR count). The molecule has 94 valence electrons. The number of rotatable bonds is 5. The smallest absolute Gasteiger partial charge is 0.253 e. The third-order valence-electron chi connectivity index (χ3n) is 2.24. The van der Waals surface area contributed by atoms with Crippen molar-refractivity contribution in [2.75, 3.05) is 32.2 Å². The highest BCUT2D eigenvalue weighted by Crippen LogP contribution is 2.07. The monoisotopic (exact) mass is 239 g/mol. The van der Waals surface area contributed by atoms with Crippen LogP contribution >= 0.6 is 0 Å². The molecule has 0 aromatic carbocycles. The highest BCUT2D eigenvalue weighted by atomic mass is 16.3. The molecular formula is C11H17N3O3. The summed E-state index contributed by atoms with van der Waals surface area (Å²) in [6.07, 6.45) is 1.45. The minimum Gasteiger partial charge on any atom is -0.394 e. The Bertz CT molecular complexity index is 361. The van der Waals surface area contributed by atoms with Crippen molar-refractivity contribution in [2.24, 2.45) is 0 Å². The molecule has 0 bridgehead atoms. The highest BCUT2D eigenvalue weighted by Gasteiger charge is 2.12. The van der Waals surface area contributed by atoms with Crippen LogP contribution in [0.5, 0.6) is 0 Å². The number of carbonyl (C=O) groups is 1. The maximum absolute atomic E-state index is 11.7. The molecular weight excluding hydrogens is 222 g/mol. The summed E-state index contributed by atoms with van der Waals surface area (Å²) in [5.41, 5.74) is 0.391. The molecule has 0 unspecified atom stereocenters. The Morgan fingerprint density at radius 2 is 2.06 bits per heavy atom. The Balaban J connectivity index is 2.69. The minimum atomic E-state index is -0.643. The van der Waals surface area contributed by atoms with Gasteiger partial charge in [-0.1, -0.05) is 0 Å². The van der Waals surface area contributed by atoms with E-state index in [1.807, 2.05) is 19.0 Å². The summed E-state index contributed by atoms with van der Waals surface area (Å²) in [6.45, 7) is -0.600. The Hall–Kier alpha value is -1.66. The summed E-state index contributed by atoms with van der Waals surface area (Å²) in [4.78, 5) is 17.6. The van der Waals surface area contributed by atoms with Gasteiger partial charge in [0.15, 0.2) is 0 Å².